The molecular formula is C20H24FN3O. The molecule has 1 amide bonds. The Hall–Kier alpha value is -2.40. The molecule has 132 valence electrons. The van der Waals surface area contributed by atoms with Crippen LogP contribution in [0.1, 0.15) is 11.1 Å². The van der Waals surface area contributed by atoms with Gasteiger partial charge in [0.1, 0.15) is 5.82 Å². The van der Waals surface area contributed by atoms with Crippen molar-refractivity contribution in [3.63, 3.8) is 0 Å². The molecule has 0 aliphatic carbocycles. The van der Waals surface area contributed by atoms with Gasteiger partial charge in [-0.1, -0.05) is 29.8 Å². The van der Waals surface area contributed by atoms with E-state index in [0.717, 1.165) is 18.8 Å². The van der Waals surface area contributed by atoms with Gasteiger partial charge >= 0.3 is 0 Å². The summed E-state index contributed by atoms with van der Waals surface area (Å²) in [5.74, 6) is -0.0938. The molecule has 2 aromatic carbocycles. The number of aryl methyl sites for hydroxylation is 1. The van der Waals surface area contributed by atoms with Crippen molar-refractivity contribution in [1.82, 2.24) is 10.2 Å². The van der Waals surface area contributed by atoms with Crippen molar-refractivity contribution < 1.29 is 9.18 Å². The summed E-state index contributed by atoms with van der Waals surface area (Å²) in [6.07, 6.45) is 0. The largest absolute Gasteiger partial charge is 0.368 e. The number of rotatable bonds is 5. The minimum absolute atomic E-state index is 0.131. The number of piperazine rings is 1. The van der Waals surface area contributed by atoms with Crippen LogP contribution in [0.4, 0.5) is 10.1 Å². The van der Waals surface area contributed by atoms with Gasteiger partial charge in [-0.3, -0.25) is 4.79 Å². The molecule has 1 saturated heterocycles. The molecule has 0 aromatic heterocycles. The average molecular weight is 341 g/mol. The molecule has 1 aliphatic heterocycles. The van der Waals surface area contributed by atoms with Crippen molar-refractivity contribution in [3.8, 4) is 0 Å². The summed E-state index contributed by atoms with van der Waals surface area (Å²) in [4.78, 5) is 16.4. The first-order chi connectivity index (χ1) is 12.1. The number of anilines is 1. The van der Waals surface area contributed by atoms with E-state index in [1.165, 1.54) is 23.3 Å². The first-order valence-electron chi connectivity index (χ1n) is 8.66. The minimum atomic E-state index is -0.225. The van der Waals surface area contributed by atoms with E-state index in [0.29, 0.717) is 26.2 Å². The molecule has 1 fully saturated rings. The zero-order valence-corrected chi connectivity index (χ0v) is 14.5. The number of benzene rings is 2. The van der Waals surface area contributed by atoms with Gasteiger partial charge in [-0.25, -0.2) is 4.39 Å². The Balaban J connectivity index is 1.43. The molecule has 25 heavy (non-hydrogen) atoms. The fourth-order valence-electron chi connectivity index (χ4n) is 3.11. The molecule has 0 spiro atoms. The summed E-state index contributed by atoms with van der Waals surface area (Å²) >= 11 is 0. The van der Waals surface area contributed by atoms with E-state index in [9.17, 15) is 9.18 Å². The lowest BCUT2D eigenvalue weighted by Gasteiger charge is -2.36. The Kier molecular flexibility index (Phi) is 5.66. The second kappa shape index (κ2) is 8.12. The van der Waals surface area contributed by atoms with E-state index < -0.39 is 0 Å². The van der Waals surface area contributed by atoms with Gasteiger partial charge in [0.25, 0.3) is 0 Å². The van der Waals surface area contributed by atoms with E-state index in [1.54, 1.807) is 12.1 Å². The van der Waals surface area contributed by atoms with Gasteiger partial charge in [-0.2, -0.15) is 0 Å². The summed E-state index contributed by atoms with van der Waals surface area (Å²) in [6, 6.07) is 14.8. The van der Waals surface area contributed by atoms with Crippen LogP contribution in [-0.4, -0.2) is 43.5 Å². The minimum Gasteiger partial charge on any atom is -0.368 e. The number of hydrogen-bond donors (Lipinski definition) is 1. The molecule has 0 bridgehead atoms. The molecule has 0 unspecified atom stereocenters. The normalized spacial score (nSPS) is 14.6. The number of carbonyl (C=O) groups is 1. The molecular weight excluding hydrogens is 317 g/mol. The van der Waals surface area contributed by atoms with E-state index >= 15 is 0 Å². The van der Waals surface area contributed by atoms with Gasteiger partial charge in [0.15, 0.2) is 0 Å². The van der Waals surface area contributed by atoms with Crippen LogP contribution in [-0.2, 0) is 11.3 Å². The van der Waals surface area contributed by atoms with Crippen LogP contribution in [0.3, 0.4) is 0 Å². The average Bonchev–Trinajstić information content (AvgIpc) is 2.62. The smallest absolute Gasteiger partial charge is 0.236 e. The van der Waals surface area contributed by atoms with Gasteiger partial charge < -0.3 is 15.1 Å². The van der Waals surface area contributed by atoms with Crippen molar-refractivity contribution in [3.05, 3.63) is 65.5 Å². The first kappa shape index (κ1) is 17.4. The maximum atomic E-state index is 13.0. The molecule has 0 saturated carbocycles. The SMILES string of the molecule is Cc1cccc(CNCC(=O)N2CCN(c3ccc(F)cc3)CC2)c1. The predicted octanol–water partition coefficient (Wildman–Crippen LogP) is 2.57. The third-order valence-electron chi connectivity index (χ3n) is 4.51. The van der Waals surface area contributed by atoms with Gasteiger partial charge in [0.2, 0.25) is 5.91 Å². The molecule has 1 N–H and O–H groups in total. The molecule has 3 rings (SSSR count). The standard InChI is InChI=1S/C20H24FN3O/c1-16-3-2-4-17(13-16)14-22-15-20(25)24-11-9-23(10-12-24)19-7-5-18(21)6-8-19/h2-8,13,22H,9-12,14-15H2,1H3. The van der Waals surface area contributed by atoms with Crippen LogP contribution in [0, 0.1) is 12.7 Å². The number of hydrogen-bond acceptors (Lipinski definition) is 3. The van der Waals surface area contributed by atoms with E-state index in [1.807, 2.05) is 11.0 Å². The highest BCUT2D eigenvalue weighted by Crippen LogP contribution is 2.16. The highest BCUT2D eigenvalue weighted by atomic mass is 19.1. The number of halogens is 1. The fraction of sp³-hybridized carbons (Fsp3) is 0.350. The highest BCUT2D eigenvalue weighted by molar-refractivity contribution is 5.78. The molecule has 1 aliphatic rings. The quantitative estimate of drug-likeness (QED) is 0.908. The van der Waals surface area contributed by atoms with Crippen LogP contribution >= 0.6 is 0 Å². The lowest BCUT2D eigenvalue weighted by Crippen LogP contribution is -2.50. The Bertz CT molecular complexity index is 709. The molecule has 0 radical (unpaired) electrons. The van der Waals surface area contributed by atoms with Crippen LogP contribution in [0.2, 0.25) is 0 Å². The highest BCUT2D eigenvalue weighted by Gasteiger charge is 2.20. The van der Waals surface area contributed by atoms with Crippen molar-refractivity contribution in [2.45, 2.75) is 13.5 Å². The molecule has 0 atom stereocenters. The topological polar surface area (TPSA) is 35.6 Å². The Morgan fingerprint density at radius 2 is 1.80 bits per heavy atom. The van der Waals surface area contributed by atoms with E-state index in [4.69, 9.17) is 0 Å². The molecule has 1 heterocycles. The summed E-state index contributed by atoms with van der Waals surface area (Å²) in [5.41, 5.74) is 3.42. The molecule has 2 aromatic rings. The fourth-order valence-corrected chi connectivity index (χ4v) is 3.11. The Morgan fingerprint density at radius 1 is 1.08 bits per heavy atom. The Labute approximate surface area is 148 Å². The second-order valence-corrected chi connectivity index (χ2v) is 6.44. The lowest BCUT2D eigenvalue weighted by molar-refractivity contribution is -0.130. The number of amides is 1. The summed E-state index contributed by atoms with van der Waals surface area (Å²) in [5, 5.41) is 3.23. The molecule has 5 heteroatoms. The first-order valence-corrected chi connectivity index (χ1v) is 8.66. The van der Waals surface area contributed by atoms with Crippen molar-refractivity contribution >= 4 is 11.6 Å². The third-order valence-corrected chi connectivity index (χ3v) is 4.51. The maximum Gasteiger partial charge on any atom is 0.236 e. The van der Waals surface area contributed by atoms with Crippen molar-refractivity contribution in [2.75, 3.05) is 37.6 Å². The second-order valence-electron chi connectivity index (χ2n) is 6.44. The third kappa shape index (κ3) is 4.79. The summed E-state index contributed by atoms with van der Waals surface area (Å²) in [7, 11) is 0. The maximum absolute atomic E-state index is 13.0. The van der Waals surface area contributed by atoms with Crippen LogP contribution in [0.5, 0.6) is 0 Å². The summed E-state index contributed by atoms with van der Waals surface area (Å²) < 4.78 is 13.0. The summed E-state index contributed by atoms with van der Waals surface area (Å²) in [6.45, 7) is 6.05. The van der Waals surface area contributed by atoms with Gasteiger partial charge in [0, 0.05) is 38.4 Å². The Morgan fingerprint density at radius 3 is 2.48 bits per heavy atom. The molecule has 4 nitrogen and oxygen atoms in total. The van der Waals surface area contributed by atoms with Crippen molar-refractivity contribution in [2.24, 2.45) is 0 Å². The number of carbonyl (C=O) groups excluding carboxylic acids is 1. The van der Waals surface area contributed by atoms with Gasteiger partial charge in [-0.15, -0.1) is 0 Å². The van der Waals surface area contributed by atoms with Gasteiger partial charge in [0.05, 0.1) is 6.54 Å². The zero-order valence-electron chi connectivity index (χ0n) is 14.5. The van der Waals surface area contributed by atoms with Crippen LogP contribution in [0.15, 0.2) is 48.5 Å². The predicted molar refractivity (Wildman–Crippen MR) is 98.1 cm³/mol. The van der Waals surface area contributed by atoms with E-state index in [-0.39, 0.29) is 11.7 Å². The van der Waals surface area contributed by atoms with Crippen LogP contribution < -0.4 is 10.2 Å². The van der Waals surface area contributed by atoms with E-state index in [2.05, 4.69) is 35.3 Å². The lowest BCUT2D eigenvalue weighted by atomic mass is 10.1. The van der Waals surface area contributed by atoms with Gasteiger partial charge in [-0.05, 0) is 36.8 Å². The zero-order chi connectivity index (χ0) is 17.6. The number of nitrogens with one attached hydrogen (secondary N) is 1. The van der Waals surface area contributed by atoms with Crippen molar-refractivity contribution in [1.29, 1.82) is 0 Å². The van der Waals surface area contributed by atoms with Crippen LogP contribution in [0.25, 0.3) is 0 Å². The monoisotopic (exact) mass is 341 g/mol. The number of nitrogens with zero attached hydrogens (tertiary/aromatic N) is 2.